The first-order valence-electron chi connectivity index (χ1n) is 4.43. The third kappa shape index (κ3) is 1.94. The Labute approximate surface area is 68.6 Å². The number of aliphatic hydroxyl groups excluding tert-OH is 1. The van der Waals surface area contributed by atoms with Crippen molar-refractivity contribution in [3.05, 3.63) is 0 Å². The maximum absolute atomic E-state index is 9.02. The number of hydrogen-bond donors (Lipinski definition) is 1. The summed E-state index contributed by atoms with van der Waals surface area (Å²) >= 11 is 0. The second-order valence-electron chi connectivity index (χ2n) is 3.51. The van der Waals surface area contributed by atoms with Crippen molar-refractivity contribution in [2.45, 2.75) is 32.3 Å². The molecule has 0 aromatic carbocycles. The Balaban J connectivity index is 2.45. The molecule has 0 unspecified atom stereocenters. The highest BCUT2D eigenvalue weighted by molar-refractivity contribution is 4.79. The molecule has 0 bridgehead atoms. The molecular formula is C9H18O2. The zero-order chi connectivity index (χ0) is 8.27. The SMILES string of the molecule is CO[C@@H]1CCC[C@H](CO)[C@H]1C. The normalized spacial score (nSPS) is 39.0. The Morgan fingerprint density at radius 2 is 2.18 bits per heavy atom. The molecule has 0 aromatic rings. The highest BCUT2D eigenvalue weighted by Gasteiger charge is 2.28. The summed E-state index contributed by atoms with van der Waals surface area (Å²) in [5, 5.41) is 9.02. The fraction of sp³-hybridized carbons (Fsp3) is 1.00. The van der Waals surface area contributed by atoms with Gasteiger partial charge in [-0.05, 0) is 24.7 Å². The summed E-state index contributed by atoms with van der Waals surface area (Å²) in [6.07, 6.45) is 3.90. The number of aliphatic hydroxyl groups is 1. The standard InChI is InChI=1S/C9H18O2/c1-7-8(6-10)4-3-5-9(7)11-2/h7-10H,3-6H2,1-2H3/t7-,8-,9-/m1/s1. The molecule has 0 heterocycles. The van der Waals surface area contributed by atoms with Gasteiger partial charge in [-0.3, -0.25) is 0 Å². The minimum atomic E-state index is 0.320. The number of methoxy groups -OCH3 is 1. The van der Waals surface area contributed by atoms with Gasteiger partial charge in [-0.25, -0.2) is 0 Å². The second-order valence-corrected chi connectivity index (χ2v) is 3.51. The van der Waals surface area contributed by atoms with Crippen LogP contribution in [0.25, 0.3) is 0 Å². The molecule has 1 rings (SSSR count). The van der Waals surface area contributed by atoms with Crippen LogP contribution >= 0.6 is 0 Å². The van der Waals surface area contributed by atoms with E-state index in [0.29, 0.717) is 24.5 Å². The lowest BCUT2D eigenvalue weighted by atomic mass is 9.79. The predicted molar refractivity (Wildman–Crippen MR) is 44.4 cm³/mol. The van der Waals surface area contributed by atoms with Crippen LogP contribution in [0.4, 0.5) is 0 Å². The summed E-state index contributed by atoms with van der Waals surface area (Å²) in [7, 11) is 1.76. The van der Waals surface area contributed by atoms with Crippen LogP contribution in [0.2, 0.25) is 0 Å². The number of rotatable bonds is 2. The minimum absolute atomic E-state index is 0.320. The first-order chi connectivity index (χ1) is 5.29. The fourth-order valence-corrected chi connectivity index (χ4v) is 2.00. The first kappa shape index (κ1) is 9.01. The molecule has 0 aromatic heterocycles. The van der Waals surface area contributed by atoms with Gasteiger partial charge in [0.25, 0.3) is 0 Å². The maximum atomic E-state index is 9.02. The molecule has 0 saturated heterocycles. The van der Waals surface area contributed by atoms with Gasteiger partial charge in [0, 0.05) is 13.7 Å². The molecule has 0 spiro atoms. The summed E-state index contributed by atoms with van der Waals surface area (Å²) < 4.78 is 5.32. The van der Waals surface area contributed by atoms with E-state index in [4.69, 9.17) is 9.84 Å². The van der Waals surface area contributed by atoms with Gasteiger partial charge in [0.15, 0.2) is 0 Å². The molecule has 1 aliphatic rings. The Morgan fingerprint density at radius 3 is 2.73 bits per heavy atom. The molecule has 2 heteroatoms. The predicted octanol–water partition coefficient (Wildman–Crippen LogP) is 1.43. The van der Waals surface area contributed by atoms with Crippen molar-refractivity contribution in [1.82, 2.24) is 0 Å². The maximum Gasteiger partial charge on any atom is 0.0600 e. The van der Waals surface area contributed by atoms with E-state index in [1.165, 1.54) is 6.42 Å². The molecule has 1 N–H and O–H groups in total. The molecule has 0 amide bonds. The molecule has 1 fully saturated rings. The summed E-state index contributed by atoms with van der Waals surface area (Å²) in [6.45, 7) is 2.50. The lowest BCUT2D eigenvalue weighted by Gasteiger charge is -2.33. The minimum Gasteiger partial charge on any atom is -0.396 e. The highest BCUT2D eigenvalue weighted by Crippen LogP contribution is 2.30. The molecule has 2 nitrogen and oxygen atoms in total. The zero-order valence-corrected chi connectivity index (χ0v) is 7.42. The van der Waals surface area contributed by atoms with Crippen molar-refractivity contribution in [3.63, 3.8) is 0 Å². The Kier molecular flexibility index (Phi) is 3.34. The smallest absolute Gasteiger partial charge is 0.0600 e. The highest BCUT2D eigenvalue weighted by atomic mass is 16.5. The number of ether oxygens (including phenoxy) is 1. The third-order valence-corrected chi connectivity index (χ3v) is 2.93. The molecule has 3 atom stereocenters. The van der Waals surface area contributed by atoms with Crippen LogP contribution in [0.15, 0.2) is 0 Å². The van der Waals surface area contributed by atoms with Gasteiger partial charge < -0.3 is 9.84 Å². The lowest BCUT2D eigenvalue weighted by Crippen LogP contribution is -2.33. The van der Waals surface area contributed by atoms with Crippen LogP contribution in [0.5, 0.6) is 0 Å². The van der Waals surface area contributed by atoms with Crippen LogP contribution in [0.3, 0.4) is 0 Å². The van der Waals surface area contributed by atoms with Crippen LogP contribution in [0.1, 0.15) is 26.2 Å². The molecule has 0 radical (unpaired) electrons. The van der Waals surface area contributed by atoms with Crippen molar-refractivity contribution in [1.29, 1.82) is 0 Å². The van der Waals surface area contributed by atoms with E-state index in [0.717, 1.165) is 12.8 Å². The van der Waals surface area contributed by atoms with E-state index in [-0.39, 0.29) is 0 Å². The van der Waals surface area contributed by atoms with Crippen LogP contribution in [-0.2, 0) is 4.74 Å². The van der Waals surface area contributed by atoms with Crippen molar-refractivity contribution in [3.8, 4) is 0 Å². The van der Waals surface area contributed by atoms with E-state index < -0.39 is 0 Å². The molecule has 1 aliphatic carbocycles. The molecule has 0 aliphatic heterocycles. The van der Waals surface area contributed by atoms with Crippen LogP contribution < -0.4 is 0 Å². The van der Waals surface area contributed by atoms with Gasteiger partial charge in [0.2, 0.25) is 0 Å². The topological polar surface area (TPSA) is 29.5 Å². The summed E-state index contributed by atoms with van der Waals surface area (Å²) in [5.41, 5.74) is 0. The summed E-state index contributed by atoms with van der Waals surface area (Å²) in [4.78, 5) is 0. The van der Waals surface area contributed by atoms with Gasteiger partial charge >= 0.3 is 0 Å². The molecule has 11 heavy (non-hydrogen) atoms. The lowest BCUT2D eigenvalue weighted by molar-refractivity contribution is -0.0112. The average Bonchev–Trinajstić information content (AvgIpc) is 2.05. The van der Waals surface area contributed by atoms with Crippen molar-refractivity contribution < 1.29 is 9.84 Å². The summed E-state index contributed by atoms with van der Waals surface area (Å²) in [5.74, 6) is 0.993. The Bertz CT molecular complexity index is 102. The van der Waals surface area contributed by atoms with E-state index >= 15 is 0 Å². The Hall–Kier alpha value is -0.0800. The molecule has 1 saturated carbocycles. The largest absolute Gasteiger partial charge is 0.396 e. The molecular weight excluding hydrogens is 140 g/mol. The monoisotopic (exact) mass is 158 g/mol. The fourth-order valence-electron chi connectivity index (χ4n) is 2.00. The third-order valence-electron chi connectivity index (χ3n) is 2.93. The quantitative estimate of drug-likeness (QED) is 0.658. The van der Waals surface area contributed by atoms with Gasteiger partial charge in [-0.1, -0.05) is 13.3 Å². The zero-order valence-electron chi connectivity index (χ0n) is 7.42. The summed E-state index contributed by atoms with van der Waals surface area (Å²) in [6, 6.07) is 0. The van der Waals surface area contributed by atoms with E-state index in [1.807, 2.05) is 0 Å². The number of hydrogen-bond acceptors (Lipinski definition) is 2. The van der Waals surface area contributed by atoms with E-state index in [2.05, 4.69) is 6.92 Å². The first-order valence-corrected chi connectivity index (χ1v) is 4.43. The van der Waals surface area contributed by atoms with E-state index in [9.17, 15) is 0 Å². The molecule has 66 valence electrons. The van der Waals surface area contributed by atoms with Gasteiger partial charge in [-0.15, -0.1) is 0 Å². The van der Waals surface area contributed by atoms with Gasteiger partial charge in [0.05, 0.1) is 6.10 Å². The van der Waals surface area contributed by atoms with Crippen LogP contribution in [0, 0.1) is 11.8 Å². The van der Waals surface area contributed by atoms with Crippen molar-refractivity contribution in [2.24, 2.45) is 11.8 Å². The second kappa shape index (κ2) is 4.07. The average molecular weight is 158 g/mol. The van der Waals surface area contributed by atoms with Gasteiger partial charge in [0.1, 0.15) is 0 Å². The van der Waals surface area contributed by atoms with Crippen LogP contribution in [-0.4, -0.2) is 24.9 Å². The van der Waals surface area contributed by atoms with Gasteiger partial charge in [-0.2, -0.15) is 0 Å². The van der Waals surface area contributed by atoms with E-state index in [1.54, 1.807) is 7.11 Å². The Morgan fingerprint density at radius 1 is 1.45 bits per heavy atom. The van der Waals surface area contributed by atoms with Crippen molar-refractivity contribution >= 4 is 0 Å². The van der Waals surface area contributed by atoms with Crippen molar-refractivity contribution in [2.75, 3.05) is 13.7 Å².